The Morgan fingerprint density at radius 1 is 1.28 bits per heavy atom. The number of hydrogen-bond donors (Lipinski definition) is 1. The number of nitrogens with one attached hydrogen (secondary N) is 1. The maximum atomic E-state index is 11.5. The molecule has 18 heavy (non-hydrogen) atoms. The van der Waals surface area contributed by atoms with Crippen LogP contribution in [0.5, 0.6) is 0 Å². The fraction of sp³-hybridized carbons (Fsp3) is 0.533. The number of hydrogen-bond acceptors (Lipinski definition) is 2. The smallest absolute Gasteiger partial charge is 0.412 e. The summed E-state index contributed by atoms with van der Waals surface area (Å²) in [5.74, 6) is 0. The van der Waals surface area contributed by atoms with Gasteiger partial charge in [-0.1, -0.05) is 32.9 Å². The van der Waals surface area contributed by atoms with Gasteiger partial charge in [-0.2, -0.15) is 0 Å². The molecular formula is C15H25NO2. The third-order valence-electron chi connectivity index (χ3n) is 1.98. The average Bonchev–Trinajstić information content (AvgIpc) is 2.29. The lowest BCUT2D eigenvalue weighted by Gasteiger charge is -2.19. The highest BCUT2D eigenvalue weighted by atomic mass is 16.6. The largest absolute Gasteiger partial charge is 0.444 e. The molecule has 1 rings (SSSR count). The minimum Gasteiger partial charge on any atom is -0.444 e. The highest BCUT2D eigenvalue weighted by Crippen LogP contribution is 2.13. The van der Waals surface area contributed by atoms with Crippen LogP contribution in [0.4, 0.5) is 10.5 Å². The molecule has 0 aromatic heterocycles. The summed E-state index contributed by atoms with van der Waals surface area (Å²) in [4.78, 5) is 11.5. The van der Waals surface area contributed by atoms with Gasteiger partial charge in [-0.05, 0) is 44.9 Å². The Morgan fingerprint density at radius 2 is 1.89 bits per heavy atom. The zero-order valence-electron chi connectivity index (χ0n) is 12.3. The molecule has 0 radical (unpaired) electrons. The predicted molar refractivity (Wildman–Crippen MR) is 77.0 cm³/mol. The van der Waals surface area contributed by atoms with E-state index in [-0.39, 0.29) is 0 Å². The summed E-state index contributed by atoms with van der Waals surface area (Å²) in [6, 6.07) is 7.75. The van der Waals surface area contributed by atoms with Gasteiger partial charge in [-0.15, -0.1) is 0 Å². The van der Waals surface area contributed by atoms with Crippen LogP contribution in [0.25, 0.3) is 0 Å². The molecule has 102 valence electrons. The molecular weight excluding hydrogens is 226 g/mol. The number of anilines is 1. The van der Waals surface area contributed by atoms with E-state index in [2.05, 4.69) is 12.2 Å². The number of ether oxygens (including phenoxy) is 1. The van der Waals surface area contributed by atoms with E-state index in [0.29, 0.717) is 0 Å². The number of carbonyl (C=O) groups is 1. The average molecular weight is 251 g/mol. The molecule has 3 nitrogen and oxygen atoms in total. The SMILES string of the molecule is CC.CCc1cccc(NC(=O)OC(C)(C)C)c1. The van der Waals surface area contributed by atoms with E-state index in [1.54, 1.807) is 0 Å². The van der Waals surface area contributed by atoms with Gasteiger partial charge in [0.15, 0.2) is 0 Å². The van der Waals surface area contributed by atoms with Crippen LogP contribution >= 0.6 is 0 Å². The Morgan fingerprint density at radius 3 is 2.39 bits per heavy atom. The molecule has 1 N–H and O–H groups in total. The highest BCUT2D eigenvalue weighted by molar-refractivity contribution is 5.84. The van der Waals surface area contributed by atoms with E-state index in [4.69, 9.17) is 4.74 Å². The van der Waals surface area contributed by atoms with Crippen molar-refractivity contribution in [2.45, 2.75) is 53.6 Å². The molecule has 1 aromatic carbocycles. The normalized spacial score (nSPS) is 10.1. The van der Waals surface area contributed by atoms with Crippen LogP contribution in [0, 0.1) is 0 Å². The molecule has 0 fully saturated rings. The third-order valence-corrected chi connectivity index (χ3v) is 1.98. The number of amides is 1. The molecule has 0 saturated heterocycles. The third kappa shape index (κ3) is 6.94. The summed E-state index contributed by atoms with van der Waals surface area (Å²) < 4.78 is 5.17. The molecule has 0 heterocycles. The van der Waals surface area contributed by atoms with Gasteiger partial charge in [0.2, 0.25) is 0 Å². The van der Waals surface area contributed by atoms with Crippen molar-refractivity contribution < 1.29 is 9.53 Å². The minimum atomic E-state index is -0.466. The lowest BCUT2D eigenvalue weighted by Crippen LogP contribution is -2.27. The van der Waals surface area contributed by atoms with Gasteiger partial charge < -0.3 is 4.74 Å². The molecule has 0 aliphatic rings. The predicted octanol–water partition coefficient (Wildman–Crippen LogP) is 4.62. The summed E-state index contributed by atoms with van der Waals surface area (Å²) in [6.45, 7) is 11.6. The van der Waals surface area contributed by atoms with Crippen molar-refractivity contribution in [3.05, 3.63) is 29.8 Å². The van der Waals surface area contributed by atoms with E-state index in [1.807, 2.05) is 58.9 Å². The summed E-state index contributed by atoms with van der Waals surface area (Å²) in [7, 11) is 0. The zero-order chi connectivity index (χ0) is 14.2. The maximum Gasteiger partial charge on any atom is 0.412 e. The van der Waals surface area contributed by atoms with Gasteiger partial charge in [0.1, 0.15) is 5.60 Å². The summed E-state index contributed by atoms with van der Waals surface area (Å²) >= 11 is 0. The second kappa shape index (κ2) is 7.75. The van der Waals surface area contributed by atoms with Crippen molar-refractivity contribution in [2.24, 2.45) is 0 Å². The second-order valence-electron chi connectivity index (χ2n) is 4.68. The molecule has 0 atom stereocenters. The molecule has 3 heteroatoms. The Kier molecular flexibility index (Phi) is 7.10. The first kappa shape index (κ1) is 16.5. The minimum absolute atomic E-state index is 0.416. The van der Waals surface area contributed by atoms with Crippen molar-refractivity contribution in [3.8, 4) is 0 Å². The second-order valence-corrected chi connectivity index (χ2v) is 4.68. The highest BCUT2D eigenvalue weighted by Gasteiger charge is 2.15. The van der Waals surface area contributed by atoms with Crippen LogP contribution in [-0.2, 0) is 11.2 Å². The lowest BCUT2D eigenvalue weighted by atomic mass is 10.1. The Bertz CT molecular complexity index is 367. The van der Waals surface area contributed by atoms with Crippen LogP contribution in [0.3, 0.4) is 0 Å². The Balaban J connectivity index is 0.00000137. The summed E-state index contributed by atoms with van der Waals surface area (Å²) in [5.41, 5.74) is 1.49. The van der Waals surface area contributed by atoms with Crippen molar-refractivity contribution in [2.75, 3.05) is 5.32 Å². The van der Waals surface area contributed by atoms with Crippen molar-refractivity contribution in [3.63, 3.8) is 0 Å². The first-order valence-electron chi connectivity index (χ1n) is 6.49. The van der Waals surface area contributed by atoms with Crippen LogP contribution < -0.4 is 5.32 Å². The number of carbonyl (C=O) groups excluding carboxylic acids is 1. The number of rotatable bonds is 2. The summed E-state index contributed by atoms with van der Waals surface area (Å²) in [6.07, 6.45) is 0.532. The van der Waals surface area contributed by atoms with Crippen LogP contribution in [0.1, 0.15) is 47.1 Å². The summed E-state index contributed by atoms with van der Waals surface area (Å²) in [5, 5.41) is 2.71. The van der Waals surface area contributed by atoms with E-state index in [1.165, 1.54) is 5.56 Å². The molecule has 0 aliphatic heterocycles. The standard InChI is InChI=1S/C13H19NO2.C2H6/c1-5-10-7-6-8-11(9-10)14-12(15)16-13(2,3)4;1-2/h6-9H,5H2,1-4H3,(H,14,15);1-2H3. The van der Waals surface area contributed by atoms with Crippen LogP contribution in [-0.4, -0.2) is 11.7 Å². The van der Waals surface area contributed by atoms with Gasteiger partial charge >= 0.3 is 6.09 Å². The lowest BCUT2D eigenvalue weighted by molar-refractivity contribution is 0.0636. The van der Waals surface area contributed by atoms with Crippen molar-refractivity contribution in [1.29, 1.82) is 0 Å². The quantitative estimate of drug-likeness (QED) is 0.832. The van der Waals surface area contributed by atoms with E-state index < -0.39 is 11.7 Å². The molecule has 0 unspecified atom stereocenters. The van der Waals surface area contributed by atoms with Gasteiger partial charge in [0.05, 0.1) is 0 Å². The van der Waals surface area contributed by atoms with Crippen LogP contribution in [0.2, 0.25) is 0 Å². The maximum absolute atomic E-state index is 11.5. The molecule has 0 spiro atoms. The molecule has 0 aliphatic carbocycles. The van der Waals surface area contributed by atoms with E-state index in [9.17, 15) is 4.79 Å². The van der Waals surface area contributed by atoms with E-state index in [0.717, 1.165) is 12.1 Å². The fourth-order valence-electron chi connectivity index (χ4n) is 1.29. The number of aryl methyl sites for hydroxylation is 1. The Labute approximate surface area is 111 Å². The van der Waals surface area contributed by atoms with Gasteiger partial charge in [-0.3, -0.25) is 5.32 Å². The number of benzene rings is 1. The first-order valence-corrected chi connectivity index (χ1v) is 6.49. The zero-order valence-corrected chi connectivity index (χ0v) is 12.3. The van der Waals surface area contributed by atoms with Crippen molar-refractivity contribution in [1.82, 2.24) is 0 Å². The Hall–Kier alpha value is -1.51. The van der Waals surface area contributed by atoms with Gasteiger partial charge in [0, 0.05) is 5.69 Å². The van der Waals surface area contributed by atoms with Gasteiger partial charge in [-0.25, -0.2) is 4.79 Å². The molecule has 0 saturated carbocycles. The van der Waals surface area contributed by atoms with Crippen LogP contribution in [0.15, 0.2) is 24.3 Å². The molecule has 0 bridgehead atoms. The fourth-order valence-corrected chi connectivity index (χ4v) is 1.29. The molecule has 1 aromatic rings. The van der Waals surface area contributed by atoms with Crippen molar-refractivity contribution >= 4 is 11.8 Å². The van der Waals surface area contributed by atoms with Gasteiger partial charge in [0.25, 0.3) is 0 Å². The van der Waals surface area contributed by atoms with E-state index >= 15 is 0 Å². The topological polar surface area (TPSA) is 38.3 Å². The first-order chi connectivity index (χ1) is 8.40. The monoisotopic (exact) mass is 251 g/mol. The molecule has 1 amide bonds.